The Morgan fingerprint density at radius 2 is 2.42 bits per heavy atom. The molecule has 2 saturated heterocycles. The van der Waals surface area contributed by atoms with E-state index in [4.69, 9.17) is 5.11 Å². The maximum Gasteiger partial charge on any atom is 0.311 e. The number of rotatable bonds is 2. The predicted molar refractivity (Wildman–Crippen MR) is 44.9 cm³/mol. The van der Waals surface area contributed by atoms with Crippen LogP contribution in [0.4, 0.5) is 0 Å². The second-order valence-corrected chi connectivity index (χ2v) is 4.01. The summed E-state index contributed by atoms with van der Waals surface area (Å²) in [6.07, 6.45) is 3.81. The van der Waals surface area contributed by atoms with E-state index in [1.54, 1.807) is 0 Å². The molecule has 0 saturated carbocycles. The lowest BCUT2D eigenvalue weighted by Crippen LogP contribution is -2.41. The summed E-state index contributed by atoms with van der Waals surface area (Å²) in [7, 11) is 0. The van der Waals surface area contributed by atoms with Crippen molar-refractivity contribution < 1.29 is 9.90 Å². The molecule has 0 radical (unpaired) electrons. The van der Waals surface area contributed by atoms with Crippen LogP contribution in [0.3, 0.4) is 0 Å². The maximum atomic E-state index is 11.1. The summed E-state index contributed by atoms with van der Waals surface area (Å²) in [5, 5.41) is 12.5. The van der Waals surface area contributed by atoms with Gasteiger partial charge in [-0.15, -0.1) is 0 Å². The predicted octanol–water partition coefficient (Wildman–Crippen LogP) is 0.992. The van der Waals surface area contributed by atoms with Gasteiger partial charge in [-0.05, 0) is 25.7 Å². The van der Waals surface area contributed by atoms with Crippen molar-refractivity contribution in [2.45, 2.75) is 44.7 Å². The van der Waals surface area contributed by atoms with Gasteiger partial charge in [0.05, 0.1) is 5.41 Å². The zero-order valence-electron chi connectivity index (χ0n) is 7.34. The van der Waals surface area contributed by atoms with Crippen LogP contribution >= 0.6 is 0 Å². The van der Waals surface area contributed by atoms with Crippen LogP contribution in [-0.2, 0) is 4.79 Å². The van der Waals surface area contributed by atoms with E-state index in [1.165, 1.54) is 6.42 Å². The van der Waals surface area contributed by atoms with Crippen LogP contribution in [0.1, 0.15) is 32.6 Å². The molecule has 2 heterocycles. The fraction of sp³-hybridized carbons (Fsp3) is 0.889. The van der Waals surface area contributed by atoms with Crippen molar-refractivity contribution in [1.29, 1.82) is 0 Å². The minimum absolute atomic E-state index is 0.241. The Morgan fingerprint density at radius 1 is 1.67 bits per heavy atom. The molecule has 0 aromatic heterocycles. The Balaban J connectivity index is 2.25. The summed E-state index contributed by atoms with van der Waals surface area (Å²) < 4.78 is 0. The van der Waals surface area contributed by atoms with Crippen LogP contribution in [0.25, 0.3) is 0 Å². The van der Waals surface area contributed by atoms with E-state index in [1.807, 2.05) is 6.92 Å². The number of fused-ring (bicyclic) bond motifs is 2. The van der Waals surface area contributed by atoms with Gasteiger partial charge in [-0.25, -0.2) is 0 Å². The van der Waals surface area contributed by atoms with Gasteiger partial charge in [-0.1, -0.05) is 6.92 Å². The summed E-state index contributed by atoms with van der Waals surface area (Å²) in [5.41, 5.74) is -0.442. The molecule has 2 fully saturated rings. The van der Waals surface area contributed by atoms with E-state index in [9.17, 15) is 4.79 Å². The van der Waals surface area contributed by atoms with E-state index in [-0.39, 0.29) is 6.04 Å². The van der Waals surface area contributed by atoms with Gasteiger partial charge in [0.2, 0.25) is 0 Å². The van der Waals surface area contributed by atoms with Gasteiger partial charge in [0.15, 0.2) is 0 Å². The number of nitrogens with one attached hydrogen (secondary N) is 1. The van der Waals surface area contributed by atoms with E-state index in [0.29, 0.717) is 6.04 Å². The number of hydrogen-bond donors (Lipinski definition) is 2. The summed E-state index contributed by atoms with van der Waals surface area (Å²) in [6.45, 7) is 1.98. The van der Waals surface area contributed by atoms with Crippen LogP contribution in [0.2, 0.25) is 0 Å². The van der Waals surface area contributed by atoms with Crippen LogP contribution in [0, 0.1) is 5.41 Å². The molecular weight excluding hydrogens is 154 g/mol. The normalized spacial score (nSPS) is 45.1. The number of carboxylic acids is 1. The standard InChI is InChI=1S/C9H15NO2/c1-2-9(8(11)12)5-6-3-4-7(9)10-6/h6-7,10H,2-5H2,1H3,(H,11,12)/t6-,7+,9+/m1/s1. The SMILES string of the molecule is CC[C@]1(C(=O)O)C[C@H]2CC[C@@H]1N2. The lowest BCUT2D eigenvalue weighted by Gasteiger charge is -2.30. The van der Waals surface area contributed by atoms with Crippen molar-refractivity contribution in [3.05, 3.63) is 0 Å². The Bertz CT molecular complexity index is 217. The molecule has 2 aliphatic rings. The molecule has 68 valence electrons. The fourth-order valence-electron chi connectivity index (χ4n) is 2.78. The molecule has 0 amide bonds. The average Bonchev–Trinajstić information content (AvgIpc) is 2.62. The third-order valence-corrected chi connectivity index (χ3v) is 3.58. The molecule has 2 bridgehead atoms. The van der Waals surface area contributed by atoms with E-state index < -0.39 is 11.4 Å². The number of aliphatic carboxylic acids is 1. The third kappa shape index (κ3) is 0.829. The van der Waals surface area contributed by atoms with Gasteiger partial charge in [0.1, 0.15) is 0 Å². The quantitative estimate of drug-likeness (QED) is 0.648. The molecule has 2 rings (SSSR count). The molecule has 3 atom stereocenters. The van der Waals surface area contributed by atoms with Crippen LogP contribution < -0.4 is 5.32 Å². The van der Waals surface area contributed by atoms with Gasteiger partial charge in [-0.2, -0.15) is 0 Å². The Kier molecular flexibility index (Phi) is 1.65. The van der Waals surface area contributed by atoms with E-state index in [0.717, 1.165) is 19.3 Å². The minimum Gasteiger partial charge on any atom is -0.481 e. The molecule has 0 aromatic carbocycles. The molecule has 12 heavy (non-hydrogen) atoms. The van der Waals surface area contributed by atoms with Crippen molar-refractivity contribution in [3.8, 4) is 0 Å². The molecule has 0 aromatic rings. The highest BCUT2D eigenvalue weighted by Gasteiger charge is 2.54. The van der Waals surface area contributed by atoms with Gasteiger partial charge in [0.25, 0.3) is 0 Å². The fourth-order valence-corrected chi connectivity index (χ4v) is 2.78. The molecule has 0 unspecified atom stereocenters. The zero-order chi connectivity index (χ0) is 8.77. The molecule has 3 heteroatoms. The van der Waals surface area contributed by atoms with Crippen LogP contribution in [0.15, 0.2) is 0 Å². The van der Waals surface area contributed by atoms with Gasteiger partial charge in [-0.3, -0.25) is 4.79 Å². The maximum absolute atomic E-state index is 11.1. The Labute approximate surface area is 72.2 Å². The largest absolute Gasteiger partial charge is 0.481 e. The lowest BCUT2D eigenvalue weighted by molar-refractivity contribution is -0.150. The monoisotopic (exact) mass is 169 g/mol. The van der Waals surface area contributed by atoms with Crippen molar-refractivity contribution >= 4 is 5.97 Å². The zero-order valence-corrected chi connectivity index (χ0v) is 7.34. The second-order valence-electron chi connectivity index (χ2n) is 4.01. The summed E-state index contributed by atoms with van der Waals surface area (Å²) in [6, 6.07) is 0.719. The highest BCUT2D eigenvalue weighted by atomic mass is 16.4. The summed E-state index contributed by atoms with van der Waals surface area (Å²) in [5.74, 6) is -0.607. The van der Waals surface area contributed by atoms with Gasteiger partial charge >= 0.3 is 5.97 Å². The van der Waals surface area contributed by atoms with Gasteiger partial charge in [0, 0.05) is 12.1 Å². The topological polar surface area (TPSA) is 49.3 Å². The molecule has 2 N–H and O–H groups in total. The molecular formula is C9H15NO2. The Hall–Kier alpha value is -0.570. The first-order chi connectivity index (χ1) is 5.69. The molecule has 0 aliphatic carbocycles. The lowest BCUT2D eigenvalue weighted by atomic mass is 9.72. The van der Waals surface area contributed by atoms with Gasteiger partial charge < -0.3 is 10.4 Å². The first-order valence-corrected chi connectivity index (χ1v) is 4.68. The van der Waals surface area contributed by atoms with Crippen molar-refractivity contribution in [2.75, 3.05) is 0 Å². The van der Waals surface area contributed by atoms with E-state index in [2.05, 4.69) is 5.32 Å². The van der Waals surface area contributed by atoms with Crippen molar-refractivity contribution in [2.24, 2.45) is 5.41 Å². The number of carboxylic acid groups (broad SMARTS) is 1. The van der Waals surface area contributed by atoms with Crippen molar-refractivity contribution in [3.63, 3.8) is 0 Å². The van der Waals surface area contributed by atoms with Crippen molar-refractivity contribution in [1.82, 2.24) is 5.32 Å². The highest BCUT2D eigenvalue weighted by Crippen LogP contribution is 2.45. The minimum atomic E-state index is -0.607. The average molecular weight is 169 g/mol. The van der Waals surface area contributed by atoms with E-state index >= 15 is 0 Å². The molecule has 2 aliphatic heterocycles. The first kappa shape index (κ1) is 8.05. The smallest absolute Gasteiger partial charge is 0.311 e. The highest BCUT2D eigenvalue weighted by molar-refractivity contribution is 5.76. The molecule has 3 nitrogen and oxygen atoms in total. The number of carbonyl (C=O) groups is 1. The summed E-state index contributed by atoms with van der Waals surface area (Å²) >= 11 is 0. The Morgan fingerprint density at radius 3 is 2.67 bits per heavy atom. The third-order valence-electron chi connectivity index (χ3n) is 3.58. The van der Waals surface area contributed by atoms with Crippen LogP contribution in [-0.4, -0.2) is 23.2 Å². The number of hydrogen-bond acceptors (Lipinski definition) is 2. The first-order valence-electron chi connectivity index (χ1n) is 4.68. The summed E-state index contributed by atoms with van der Waals surface area (Å²) in [4.78, 5) is 11.1. The molecule has 0 spiro atoms. The van der Waals surface area contributed by atoms with Crippen LogP contribution in [0.5, 0.6) is 0 Å². The second kappa shape index (κ2) is 2.46.